The second-order valence-electron chi connectivity index (χ2n) is 3.10. The summed E-state index contributed by atoms with van der Waals surface area (Å²) in [5.74, 6) is -0.420. The molecule has 0 atom stereocenters. The van der Waals surface area contributed by atoms with Crippen LogP contribution in [0, 0.1) is 12.8 Å². The lowest BCUT2D eigenvalue weighted by molar-refractivity contribution is -0.273. The predicted molar refractivity (Wildman–Crippen MR) is 37.9 cm³/mol. The molecule has 0 unspecified atom stereocenters. The molecule has 0 saturated carbocycles. The first-order valence-corrected chi connectivity index (χ1v) is 3.92. The van der Waals surface area contributed by atoms with Crippen molar-refractivity contribution in [3.05, 3.63) is 6.92 Å². The summed E-state index contributed by atoms with van der Waals surface area (Å²) in [6.07, 6.45) is 0.833. The summed E-state index contributed by atoms with van der Waals surface area (Å²) >= 11 is 0. The van der Waals surface area contributed by atoms with Gasteiger partial charge in [0.05, 0.1) is 19.8 Å². The van der Waals surface area contributed by atoms with E-state index in [1.54, 1.807) is 0 Å². The maximum Gasteiger partial charge on any atom is 0.193 e. The van der Waals surface area contributed by atoms with Crippen LogP contribution in [-0.4, -0.2) is 32.2 Å². The van der Waals surface area contributed by atoms with E-state index in [9.17, 15) is 0 Å². The van der Waals surface area contributed by atoms with Crippen molar-refractivity contribution in [1.29, 1.82) is 0 Å². The quantitative estimate of drug-likeness (QED) is 0.510. The van der Waals surface area contributed by atoms with E-state index in [1.165, 1.54) is 0 Å². The summed E-state index contributed by atoms with van der Waals surface area (Å²) in [7, 11) is 0. The van der Waals surface area contributed by atoms with Gasteiger partial charge in [-0.25, -0.2) is 0 Å². The third kappa shape index (κ3) is 1.41. The molecule has 0 aromatic carbocycles. The van der Waals surface area contributed by atoms with Crippen molar-refractivity contribution in [2.45, 2.75) is 12.2 Å². The van der Waals surface area contributed by atoms with Gasteiger partial charge in [-0.2, -0.15) is 0 Å². The van der Waals surface area contributed by atoms with E-state index >= 15 is 0 Å². The van der Waals surface area contributed by atoms with Gasteiger partial charge in [0, 0.05) is 12.3 Å². The van der Waals surface area contributed by atoms with Gasteiger partial charge in [-0.1, -0.05) is 0 Å². The Morgan fingerprint density at radius 2 is 2.00 bits per heavy atom. The first-order valence-electron chi connectivity index (χ1n) is 3.92. The molecule has 0 bridgehead atoms. The van der Waals surface area contributed by atoms with Gasteiger partial charge in [0.25, 0.3) is 0 Å². The molecule has 0 N–H and O–H groups in total. The maximum absolute atomic E-state index is 5.59. The van der Waals surface area contributed by atoms with Crippen molar-refractivity contribution in [2.75, 3.05) is 26.4 Å². The molecule has 0 aliphatic carbocycles. The first-order chi connectivity index (χ1) is 5.31. The number of hydrogen-bond acceptors (Lipinski definition) is 3. The van der Waals surface area contributed by atoms with Gasteiger partial charge in [-0.05, 0) is 6.92 Å². The summed E-state index contributed by atoms with van der Waals surface area (Å²) in [5, 5.41) is 0. The van der Waals surface area contributed by atoms with Crippen LogP contribution in [0.3, 0.4) is 0 Å². The molecular formula is C8H12O3. The summed E-state index contributed by atoms with van der Waals surface area (Å²) in [6, 6.07) is 0. The third-order valence-corrected chi connectivity index (χ3v) is 2.07. The minimum atomic E-state index is -0.449. The van der Waals surface area contributed by atoms with Gasteiger partial charge < -0.3 is 14.2 Å². The lowest BCUT2D eigenvalue weighted by Crippen LogP contribution is -2.44. The molecule has 2 fully saturated rings. The van der Waals surface area contributed by atoms with E-state index in [1.807, 2.05) is 0 Å². The van der Waals surface area contributed by atoms with Crippen LogP contribution in [0.1, 0.15) is 6.42 Å². The van der Waals surface area contributed by atoms with Crippen LogP contribution in [-0.2, 0) is 14.2 Å². The van der Waals surface area contributed by atoms with Crippen LogP contribution in [0.2, 0.25) is 0 Å². The summed E-state index contributed by atoms with van der Waals surface area (Å²) in [4.78, 5) is 0. The average molecular weight is 156 g/mol. The van der Waals surface area contributed by atoms with E-state index in [4.69, 9.17) is 21.1 Å². The molecule has 11 heavy (non-hydrogen) atoms. The number of rotatable bonds is 0. The fraction of sp³-hybridized carbons (Fsp3) is 0.875. The Morgan fingerprint density at radius 3 is 2.55 bits per heavy atom. The fourth-order valence-electron chi connectivity index (χ4n) is 1.36. The van der Waals surface area contributed by atoms with Crippen molar-refractivity contribution in [3.63, 3.8) is 0 Å². The van der Waals surface area contributed by atoms with Gasteiger partial charge in [-0.15, -0.1) is 0 Å². The van der Waals surface area contributed by atoms with Crippen LogP contribution in [0.15, 0.2) is 0 Å². The summed E-state index contributed by atoms with van der Waals surface area (Å²) in [6.45, 7) is 8.05. The SMILES string of the molecule is [CH]C1COC2(CCOC2)OC1. The highest BCUT2D eigenvalue weighted by Gasteiger charge is 2.40. The Hall–Kier alpha value is -0.120. The molecule has 0 aromatic heterocycles. The van der Waals surface area contributed by atoms with Crippen molar-refractivity contribution < 1.29 is 14.2 Å². The Bertz CT molecular complexity index is 130. The van der Waals surface area contributed by atoms with Crippen LogP contribution in [0.5, 0.6) is 0 Å². The highest BCUT2D eigenvalue weighted by atomic mass is 16.7. The zero-order valence-corrected chi connectivity index (χ0v) is 6.41. The van der Waals surface area contributed by atoms with Crippen LogP contribution in [0.4, 0.5) is 0 Å². The summed E-state index contributed by atoms with van der Waals surface area (Å²) < 4.78 is 16.1. The highest BCUT2D eigenvalue weighted by Crippen LogP contribution is 2.29. The molecule has 2 aliphatic heterocycles. The van der Waals surface area contributed by atoms with Gasteiger partial charge in [0.1, 0.15) is 6.61 Å². The second kappa shape index (κ2) is 2.73. The van der Waals surface area contributed by atoms with Crippen molar-refractivity contribution in [3.8, 4) is 0 Å². The zero-order chi connectivity index (χ0) is 7.73. The van der Waals surface area contributed by atoms with E-state index < -0.39 is 5.79 Å². The first kappa shape index (κ1) is 7.53. The highest BCUT2D eigenvalue weighted by molar-refractivity contribution is 4.80. The van der Waals surface area contributed by atoms with Crippen LogP contribution in [0.25, 0.3) is 0 Å². The van der Waals surface area contributed by atoms with Gasteiger partial charge >= 0.3 is 0 Å². The lowest BCUT2D eigenvalue weighted by atomic mass is 10.1. The largest absolute Gasteiger partial charge is 0.376 e. The lowest BCUT2D eigenvalue weighted by Gasteiger charge is -2.34. The standard InChI is InChI=1S/C8H12O3/c1-7-4-10-8(11-5-7)2-3-9-6-8/h1,7H,2-6H2. The normalized spacial score (nSPS) is 45.0. The smallest absolute Gasteiger partial charge is 0.193 e. The van der Waals surface area contributed by atoms with E-state index in [0.717, 1.165) is 13.0 Å². The van der Waals surface area contributed by atoms with E-state index in [2.05, 4.69) is 0 Å². The molecule has 62 valence electrons. The van der Waals surface area contributed by atoms with Crippen molar-refractivity contribution in [2.24, 2.45) is 5.92 Å². The molecule has 2 rings (SSSR count). The Balaban J connectivity index is 1.94. The molecular weight excluding hydrogens is 144 g/mol. The zero-order valence-electron chi connectivity index (χ0n) is 6.41. The molecule has 0 aromatic rings. The molecule has 3 nitrogen and oxygen atoms in total. The predicted octanol–water partition coefficient (Wildman–Crippen LogP) is 0.477. The number of ether oxygens (including phenoxy) is 3. The van der Waals surface area contributed by atoms with Crippen LogP contribution < -0.4 is 0 Å². The minimum Gasteiger partial charge on any atom is -0.376 e. The Morgan fingerprint density at radius 1 is 1.27 bits per heavy atom. The van der Waals surface area contributed by atoms with Gasteiger partial charge in [0.15, 0.2) is 5.79 Å². The number of hydrogen-bond donors (Lipinski definition) is 0. The molecule has 1 spiro atoms. The minimum absolute atomic E-state index is 0.0289. The summed E-state index contributed by atoms with van der Waals surface area (Å²) in [5.41, 5.74) is 0. The van der Waals surface area contributed by atoms with Crippen LogP contribution >= 0.6 is 0 Å². The molecule has 0 amide bonds. The molecule has 2 aliphatic rings. The molecule has 2 saturated heterocycles. The average Bonchev–Trinajstić information content (AvgIpc) is 2.45. The maximum atomic E-state index is 5.59. The molecule has 2 heterocycles. The van der Waals surface area contributed by atoms with Crippen molar-refractivity contribution >= 4 is 0 Å². The Labute approximate surface area is 66.6 Å². The Kier molecular flexibility index (Phi) is 1.87. The fourth-order valence-corrected chi connectivity index (χ4v) is 1.36. The second-order valence-corrected chi connectivity index (χ2v) is 3.10. The van der Waals surface area contributed by atoms with Gasteiger partial charge in [0.2, 0.25) is 0 Å². The van der Waals surface area contributed by atoms with Crippen molar-refractivity contribution in [1.82, 2.24) is 0 Å². The van der Waals surface area contributed by atoms with E-state index in [-0.39, 0.29) is 5.92 Å². The third-order valence-electron chi connectivity index (χ3n) is 2.07. The molecule has 2 radical (unpaired) electrons. The monoisotopic (exact) mass is 156 g/mol. The topological polar surface area (TPSA) is 27.7 Å². The van der Waals surface area contributed by atoms with Gasteiger partial charge in [-0.3, -0.25) is 0 Å². The van der Waals surface area contributed by atoms with E-state index in [0.29, 0.717) is 19.8 Å². The molecule has 3 heteroatoms.